The zero-order chi connectivity index (χ0) is 25.6. The summed E-state index contributed by atoms with van der Waals surface area (Å²) < 4.78 is 59.8. The van der Waals surface area contributed by atoms with Crippen molar-refractivity contribution in [2.45, 2.75) is 58.6 Å². The lowest BCUT2D eigenvalue weighted by Gasteiger charge is -2.23. The molecule has 0 N–H and O–H groups in total. The van der Waals surface area contributed by atoms with Crippen LogP contribution in [0.1, 0.15) is 69.8 Å². The molecule has 0 radical (unpaired) electrons. The van der Waals surface area contributed by atoms with Crippen LogP contribution in [0.25, 0.3) is 22.4 Å². The fourth-order valence-corrected chi connectivity index (χ4v) is 4.30. The molecule has 4 rings (SSSR count). The number of hydrogen-bond donors (Lipinski definition) is 0. The van der Waals surface area contributed by atoms with E-state index >= 15 is 0 Å². The smallest absolute Gasteiger partial charge is 0.201 e. The third kappa shape index (κ3) is 3.63. The predicted molar refractivity (Wildman–Crippen MR) is 119 cm³/mol. The first-order valence-corrected chi connectivity index (χ1v) is 10.1. The number of nitrogens with zero attached hydrogens (tertiary/aromatic N) is 1. The van der Waals surface area contributed by atoms with Crippen molar-refractivity contribution in [3.05, 3.63) is 77.0 Å². The third-order valence-corrected chi connectivity index (χ3v) is 5.84. The van der Waals surface area contributed by atoms with Crippen LogP contribution in [0, 0.1) is 20.6 Å². The van der Waals surface area contributed by atoms with Gasteiger partial charge in [-0.05, 0) is 73.2 Å². The molecule has 2 aromatic carbocycles. The van der Waals surface area contributed by atoms with E-state index in [4.69, 9.17) is 8.22 Å². The highest BCUT2D eigenvalue weighted by atomic mass is 14.9. The van der Waals surface area contributed by atoms with Gasteiger partial charge in [-0.3, -0.25) is 0 Å². The number of benzene rings is 2. The Labute approximate surface area is 179 Å². The van der Waals surface area contributed by atoms with Gasteiger partial charge in [-0.1, -0.05) is 55.7 Å². The molecule has 144 valence electrons. The normalized spacial score (nSPS) is 20.7. The molecular weight excluding hydrogens is 338 g/mol. The quantitative estimate of drug-likeness (QED) is 0.441. The van der Waals surface area contributed by atoms with Crippen LogP contribution in [0.4, 0.5) is 0 Å². The zero-order valence-corrected chi connectivity index (χ0v) is 16.7. The minimum absolute atomic E-state index is 0.223. The van der Waals surface area contributed by atoms with Gasteiger partial charge in [0, 0.05) is 26.8 Å². The van der Waals surface area contributed by atoms with Crippen molar-refractivity contribution < 1.29 is 14.2 Å². The molecule has 1 heteroatoms. The van der Waals surface area contributed by atoms with Gasteiger partial charge in [0.25, 0.3) is 0 Å². The Morgan fingerprint density at radius 3 is 2.36 bits per heavy atom. The molecule has 1 saturated carbocycles. The van der Waals surface area contributed by atoms with Crippen LogP contribution in [0.2, 0.25) is 0 Å². The highest BCUT2D eigenvalue weighted by Gasteiger charge is 2.23. The molecule has 0 amide bonds. The third-order valence-electron chi connectivity index (χ3n) is 5.84. The monoisotopic (exact) mass is 377 g/mol. The summed E-state index contributed by atoms with van der Waals surface area (Å²) in [5.41, 5.74) is 4.91. The van der Waals surface area contributed by atoms with E-state index in [1.807, 2.05) is 56.4 Å². The van der Waals surface area contributed by atoms with Gasteiger partial charge < -0.3 is 0 Å². The lowest BCUT2D eigenvalue weighted by atomic mass is 9.82. The van der Waals surface area contributed by atoms with E-state index in [-0.39, 0.29) is 11.1 Å². The zero-order valence-electron chi connectivity index (χ0n) is 23.7. The first-order chi connectivity index (χ1) is 16.3. The van der Waals surface area contributed by atoms with Crippen LogP contribution in [0.5, 0.6) is 0 Å². The van der Waals surface area contributed by atoms with Gasteiger partial charge in [0.2, 0.25) is 5.69 Å². The van der Waals surface area contributed by atoms with Crippen LogP contribution in [0.3, 0.4) is 0 Å². The number of hydrogen-bond acceptors (Lipinski definition) is 0. The Balaban J connectivity index is 1.99. The maximum absolute atomic E-state index is 9.22. The Hall–Kier alpha value is -2.41. The number of aryl methyl sites for hydroxylation is 4. The summed E-state index contributed by atoms with van der Waals surface area (Å²) in [6, 6.07) is 14.9. The highest BCUT2D eigenvalue weighted by molar-refractivity contribution is 5.75. The van der Waals surface area contributed by atoms with Crippen molar-refractivity contribution >= 4 is 0 Å². The van der Waals surface area contributed by atoms with E-state index in [2.05, 4.69) is 0 Å². The van der Waals surface area contributed by atoms with Crippen molar-refractivity contribution in [3.63, 3.8) is 0 Å². The minimum Gasteiger partial charge on any atom is -0.201 e. The Morgan fingerprint density at radius 2 is 1.64 bits per heavy atom. The summed E-state index contributed by atoms with van der Waals surface area (Å²) >= 11 is 0. The lowest BCUT2D eigenvalue weighted by molar-refractivity contribution is -0.660. The fourth-order valence-electron chi connectivity index (χ4n) is 4.30. The molecule has 0 spiro atoms. The molecule has 1 nitrogen and oxygen atoms in total. The second kappa shape index (κ2) is 7.91. The molecule has 0 bridgehead atoms. The standard InChI is InChI=1S/C27H32N/c1-19-15-20(2)26(16-24(19)22-11-7-5-8-12-22)27-17-25(21(3)18-28(27)4)23-13-9-6-10-14-23/h5,7-8,11-12,15-18,23H,6,9-10,13-14H2,1-4H3/q+1/i1D3,3D3,23D. The minimum atomic E-state index is -2.33. The summed E-state index contributed by atoms with van der Waals surface area (Å²) in [6.45, 7) is -2.72. The van der Waals surface area contributed by atoms with E-state index < -0.39 is 19.6 Å². The SMILES string of the molecule is [2H]C([2H])([2H])c1cc(C)c(-c2cc(C3([2H])CCCCC3)c(C([2H])([2H])[2H])c[n+]2C)cc1-c1ccccc1. The summed E-state index contributed by atoms with van der Waals surface area (Å²) in [5.74, 6) is -0.945. The van der Waals surface area contributed by atoms with Gasteiger partial charge in [0.05, 0.1) is 0 Å². The summed E-state index contributed by atoms with van der Waals surface area (Å²) in [6.07, 6.45) is 5.79. The maximum Gasteiger partial charge on any atom is 0.212 e. The molecule has 1 aliphatic rings. The van der Waals surface area contributed by atoms with Crippen LogP contribution >= 0.6 is 0 Å². The van der Waals surface area contributed by atoms with Gasteiger partial charge in [0.15, 0.2) is 6.20 Å². The Kier molecular flexibility index (Phi) is 3.45. The van der Waals surface area contributed by atoms with E-state index in [9.17, 15) is 1.37 Å². The molecule has 0 unspecified atom stereocenters. The topological polar surface area (TPSA) is 3.88 Å². The average Bonchev–Trinajstić information content (AvgIpc) is 2.79. The van der Waals surface area contributed by atoms with Crippen molar-refractivity contribution in [1.82, 2.24) is 0 Å². The van der Waals surface area contributed by atoms with Crippen molar-refractivity contribution in [1.29, 1.82) is 0 Å². The van der Waals surface area contributed by atoms with Gasteiger partial charge in [0.1, 0.15) is 7.05 Å². The summed E-state index contributed by atoms with van der Waals surface area (Å²) in [7, 11) is 1.81. The highest BCUT2D eigenvalue weighted by Crippen LogP contribution is 2.37. The molecule has 1 aliphatic carbocycles. The van der Waals surface area contributed by atoms with Crippen LogP contribution in [-0.4, -0.2) is 0 Å². The van der Waals surface area contributed by atoms with Crippen molar-refractivity contribution in [2.75, 3.05) is 0 Å². The molecular formula is C27H32N+. The largest absolute Gasteiger partial charge is 0.212 e. The molecule has 0 saturated heterocycles. The summed E-state index contributed by atoms with van der Waals surface area (Å²) in [4.78, 5) is 0. The second-order valence-electron chi connectivity index (χ2n) is 7.84. The number of aromatic nitrogens is 1. The fraction of sp³-hybridized carbons (Fsp3) is 0.370. The molecule has 0 atom stereocenters. The van der Waals surface area contributed by atoms with Crippen LogP contribution < -0.4 is 4.57 Å². The second-order valence-corrected chi connectivity index (χ2v) is 7.84. The van der Waals surface area contributed by atoms with Crippen LogP contribution in [-0.2, 0) is 7.05 Å². The molecule has 28 heavy (non-hydrogen) atoms. The van der Waals surface area contributed by atoms with Gasteiger partial charge in [-0.25, -0.2) is 4.57 Å². The summed E-state index contributed by atoms with van der Waals surface area (Å²) in [5, 5.41) is 0. The van der Waals surface area contributed by atoms with Crippen molar-refractivity contribution in [2.24, 2.45) is 7.05 Å². The molecule has 0 aliphatic heterocycles. The van der Waals surface area contributed by atoms with Gasteiger partial charge in [-0.15, -0.1) is 0 Å². The molecule has 1 heterocycles. The van der Waals surface area contributed by atoms with Crippen molar-refractivity contribution in [3.8, 4) is 22.4 Å². The lowest BCUT2D eigenvalue weighted by Crippen LogP contribution is -2.32. The first kappa shape index (κ1) is 12.2. The molecule has 1 fully saturated rings. The van der Waals surface area contributed by atoms with E-state index in [1.54, 1.807) is 16.8 Å². The molecule has 3 aromatic rings. The van der Waals surface area contributed by atoms with Crippen LogP contribution in [0.15, 0.2) is 54.7 Å². The maximum atomic E-state index is 9.22. The Bertz CT molecular complexity index is 1220. The Morgan fingerprint density at radius 1 is 0.893 bits per heavy atom. The van der Waals surface area contributed by atoms with Gasteiger partial charge >= 0.3 is 0 Å². The van der Waals surface area contributed by atoms with Gasteiger partial charge in [-0.2, -0.15) is 0 Å². The van der Waals surface area contributed by atoms with E-state index in [0.29, 0.717) is 24.0 Å². The number of rotatable bonds is 3. The average molecular weight is 378 g/mol. The number of pyridine rings is 1. The van der Waals surface area contributed by atoms with E-state index in [0.717, 1.165) is 41.6 Å². The van der Waals surface area contributed by atoms with E-state index in [1.165, 1.54) is 0 Å². The molecule has 1 aromatic heterocycles. The first-order valence-electron chi connectivity index (χ1n) is 13.6. The predicted octanol–water partition coefficient (Wildman–Crippen LogP) is 6.82.